The Morgan fingerprint density at radius 3 is 2.62 bits per heavy atom. The van der Waals surface area contributed by atoms with E-state index in [1.807, 2.05) is 0 Å². The number of nitrogens with zero attached hydrogens (tertiary/aromatic N) is 2. The van der Waals surface area contributed by atoms with Gasteiger partial charge in [0.2, 0.25) is 5.03 Å². The van der Waals surface area contributed by atoms with E-state index in [-0.39, 0.29) is 6.04 Å². The van der Waals surface area contributed by atoms with Gasteiger partial charge in [0.25, 0.3) is 10.0 Å². The maximum Gasteiger partial charge on any atom is 0.263 e. The first-order valence-electron chi connectivity index (χ1n) is 7.42. The van der Waals surface area contributed by atoms with Crippen molar-refractivity contribution in [1.82, 2.24) is 14.6 Å². The first-order valence-corrected chi connectivity index (χ1v) is 8.86. The fourth-order valence-corrected chi connectivity index (χ4v) is 4.54. The highest BCUT2D eigenvalue weighted by Crippen LogP contribution is 2.33. The van der Waals surface area contributed by atoms with Crippen molar-refractivity contribution in [2.45, 2.75) is 36.8 Å². The minimum absolute atomic E-state index is 0.0197. The van der Waals surface area contributed by atoms with Crippen molar-refractivity contribution in [2.75, 3.05) is 19.6 Å². The predicted octanol–water partition coefficient (Wildman–Crippen LogP) is 1.37. The molecule has 1 aliphatic carbocycles. The zero-order valence-electron chi connectivity index (χ0n) is 11.8. The molecule has 2 heterocycles. The van der Waals surface area contributed by atoms with Gasteiger partial charge in [-0.05, 0) is 56.8 Å². The average molecular weight is 313 g/mol. The molecule has 1 aromatic rings. The average Bonchev–Trinajstić information content (AvgIpc) is 3.30. The molecule has 7 heteroatoms. The van der Waals surface area contributed by atoms with Gasteiger partial charge in [0.05, 0.1) is 0 Å². The summed E-state index contributed by atoms with van der Waals surface area (Å²) in [5, 5.41) is 2.83. The molecular weight excluding hydrogens is 293 g/mol. The van der Waals surface area contributed by atoms with Crippen molar-refractivity contribution in [3.63, 3.8) is 0 Å². The van der Waals surface area contributed by atoms with Crippen LogP contribution >= 0.6 is 0 Å². The Morgan fingerprint density at radius 2 is 2.00 bits per heavy atom. The lowest BCUT2D eigenvalue weighted by Gasteiger charge is -2.29. The second kappa shape index (κ2) is 5.98. The van der Waals surface area contributed by atoms with Crippen LogP contribution in [0.5, 0.6) is 0 Å². The highest BCUT2D eigenvalue weighted by Gasteiger charge is 2.41. The Labute approximate surface area is 124 Å². The molecule has 0 bridgehead atoms. The fourth-order valence-electron chi connectivity index (χ4n) is 2.80. The molecule has 0 spiro atoms. The van der Waals surface area contributed by atoms with E-state index in [1.165, 1.54) is 16.6 Å². The summed E-state index contributed by atoms with van der Waals surface area (Å²) in [5.41, 5.74) is 0. The van der Waals surface area contributed by atoms with Crippen LogP contribution in [-0.4, -0.2) is 43.4 Å². The Hall–Kier alpha value is -1.05. The Kier molecular flexibility index (Phi) is 4.24. The number of pyridine rings is 1. The molecule has 0 atom stereocenters. The first-order chi connectivity index (χ1) is 10.1. The molecule has 5 nitrogen and oxygen atoms in total. The molecule has 0 radical (unpaired) electrons. The van der Waals surface area contributed by atoms with Gasteiger partial charge in [0.15, 0.2) is 5.82 Å². The van der Waals surface area contributed by atoms with E-state index in [2.05, 4.69) is 10.3 Å². The summed E-state index contributed by atoms with van der Waals surface area (Å²) in [6, 6.07) is 2.57. The van der Waals surface area contributed by atoms with Crippen LogP contribution in [0, 0.1) is 11.7 Å². The summed E-state index contributed by atoms with van der Waals surface area (Å²) < 4.78 is 40.7. The van der Waals surface area contributed by atoms with Crippen LogP contribution in [0.25, 0.3) is 0 Å². The number of nitrogens with one attached hydrogen (secondary N) is 1. The van der Waals surface area contributed by atoms with Gasteiger partial charge in [-0.15, -0.1) is 0 Å². The third-order valence-corrected chi connectivity index (χ3v) is 5.98. The van der Waals surface area contributed by atoms with Crippen molar-refractivity contribution in [3.8, 4) is 0 Å². The molecule has 0 amide bonds. The minimum atomic E-state index is -3.84. The summed E-state index contributed by atoms with van der Waals surface area (Å²) in [7, 11) is -3.84. The Balaban J connectivity index is 1.84. The number of rotatable bonds is 5. The van der Waals surface area contributed by atoms with Crippen LogP contribution in [-0.2, 0) is 10.0 Å². The molecule has 1 saturated carbocycles. The maximum absolute atomic E-state index is 13.8. The molecule has 116 valence electrons. The van der Waals surface area contributed by atoms with Crippen molar-refractivity contribution < 1.29 is 12.8 Å². The summed E-state index contributed by atoms with van der Waals surface area (Å²) in [5.74, 6) is -0.429. The lowest BCUT2D eigenvalue weighted by molar-refractivity contribution is 0.282. The van der Waals surface area contributed by atoms with E-state index < -0.39 is 20.9 Å². The number of halogens is 1. The van der Waals surface area contributed by atoms with E-state index >= 15 is 0 Å². The van der Waals surface area contributed by atoms with Crippen molar-refractivity contribution in [1.29, 1.82) is 0 Å². The van der Waals surface area contributed by atoms with Crippen LogP contribution in [0.3, 0.4) is 0 Å². The van der Waals surface area contributed by atoms with Gasteiger partial charge in [0, 0.05) is 18.8 Å². The molecule has 2 aliphatic rings. The molecule has 2 fully saturated rings. The third kappa shape index (κ3) is 3.25. The van der Waals surface area contributed by atoms with E-state index in [4.69, 9.17) is 0 Å². The van der Waals surface area contributed by atoms with Gasteiger partial charge < -0.3 is 5.32 Å². The van der Waals surface area contributed by atoms with Crippen LogP contribution in [0.15, 0.2) is 23.4 Å². The smallest absolute Gasteiger partial charge is 0.263 e. The molecule has 1 aromatic heterocycles. The van der Waals surface area contributed by atoms with Crippen molar-refractivity contribution >= 4 is 10.0 Å². The lowest BCUT2D eigenvalue weighted by atomic mass is 9.98. The largest absolute Gasteiger partial charge is 0.317 e. The van der Waals surface area contributed by atoms with E-state index in [0.29, 0.717) is 12.5 Å². The molecule has 1 saturated heterocycles. The fraction of sp³-hybridized carbons (Fsp3) is 0.643. The SMILES string of the molecule is O=S(=O)(c1ncccc1F)N(CC1CCNCC1)C1CC1. The summed E-state index contributed by atoms with van der Waals surface area (Å²) >= 11 is 0. The number of hydrogen-bond donors (Lipinski definition) is 1. The van der Waals surface area contributed by atoms with Gasteiger partial charge in [-0.25, -0.2) is 17.8 Å². The molecule has 1 aliphatic heterocycles. The zero-order valence-corrected chi connectivity index (χ0v) is 12.7. The van der Waals surface area contributed by atoms with Crippen molar-refractivity contribution in [2.24, 2.45) is 5.92 Å². The molecule has 3 rings (SSSR count). The quantitative estimate of drug-likeness (QED) is 0.892. The van der Waals surface area contributed by atoms with Crippen LogP contribution in [0.4, 0.5) is 4.39 Å². The van der Waals surface area contributed by atoms with Crippen molar-refractivity contribution in [3.05, 3.63) is 24.1 Å². The lowest BCUT2D eigenvalue weighted by Crippen LogP contribution is -2.41. The summed E-state index contributed by atoms with van der Waals surface area (Å²) in [6.07, 6.45) is 4.97. The highest BCUT2D eigenvalue weighted by molar-refractivity contribution is 7.89. The monoisotopic (exact) mass is 313 g/mol. The normalized spacial score (nSPS) is 20.9. The topological polar surface area (TPSA) is 62.3 Å². The third-order valence-electron chi connectivity index (χ3n) is 4.13. The van der Waals surface area contributed by atoms with Gasteiger partial charge in [-0.3, -0.25) is 0 Å². The highest BCUT2D eigenvalue weighted by atomic mass is 32.2. The van der Waals surface area contributed by atoms with Gasteiger partial charge in [0.1, 0.15) is 0 Å². The van der Waals surface area contributed by atoms with E-state index in [0.717, 1.165) is 44.8 Å². The second-order valence-corrected chi connectivity index (χ2v) is 7.60. The van der Waals surface area contributed by atoms with Gasteiger partial charge in [-0.1, -0.05) is 0 Å². The van der Waals surface area contributed by atoms with Crippen LogP contribution in [0.2, 0.25) is 0 Å². The second-order valence-electron chi connectivity index (χ2n) is 5.79. The number of aromatic nitrogens is 1. The van der Waals surface area contributed by atoms with Gasteiger partial charge in [-0.2, -0.15) is 4.31 Å². The maximum atomic E-state index is 13.8. The number of piperidine rings is 1. The Bertz CT molecular complexity index is 598. The van der Waals surface area contributed by atoms with E-state index in [1.54, 1.807) is 0 Å². The Morgan fingerprint density at radius 1 is 1.29 bits per heavy atom. The van der Waals surface area contributed by atoms with Crippen LogP contribution < -0.4 is 5.32 Å². The first kappa shape index (κ1) is 14.9. The molecule has 1 N–H and O–H groups in total. The van der Waals surface area contributed by atoms with Crippen LogP contribution in [0.1, 0.15) is 25.7 Å². The molecule has 0 unspecified atom stereocenters. The molecular formula is C14H20FN3O2S. The predicted molar refractivity (Wildman–Crippen MR) is 76.7 cm³/mol. The molecule has 21 heavy (non-hydrogen) atoms. The number of hydrogen-bond acceptors (Lipinski definition) is 4. The summed E-state index contributed by atoms with van der Waals surface area (Å²) in [4.78, 5) is 3.76. The summed E-state index contributed by atoms with van der Waals surface area (Å²) in [6.45, 7) is 2.31. The molecule has 0 aromatic carbocycles. The zero-order chi connectivity index (χ0) is 14.9. The standard InChI is InChI=1S/C14H20FN3O2S/c15-13-2-1-7-17-14(13)21(19,20)18(12-3-4-12)10-11-5-8-16-9-6-11/h1-2,7,11-12,16H,3-6,8-10H2. The number of sulfonamides is 1. The minimum Gasteiger partial charge on any atom is -0.317 e. The van der Waals surface area contributed by atoms with Gasteiger partial charge >= 0.3 is 0 Å². The van der Waals surface area contributed by atoms with E-state index in [9.17, 15) is 12.8 Å².